The predicted octanol–water partition coefficient (Wildman–Crippen LogP) is 2.31. The summed E-state index contributed by atoms with van der Waals surface area (Å²) < 4.78 is 13.2. The van der Waals surface area contributed by atoms with E-state index in [9.17, 15) is 24.2 Å². The van der Waals surface area contributed by atoms with Gasteiger partial charge in [-0.2, -0.15) is 0 Å². The fourth-order valence-electron chi connectivity index (χ4n) is 3.28. The van der Waals surface area contributed by atoms with Gasteiger partial charge in [-0.05, 0) is 42.0 Å². The Labute approximate surface area is 162 Å². The molecule has 1 saturated heterocycles. The summed E-state index contributed by atoms with van der Waals surface area (Å²) in [4.78, 5) is 28.3. The van der Waals surface area contributed by atoms with Crippen LogP contribution in [0.4, 0.5) is 10.1 Å². The number of ketones is 1. The number of aliphatic hydroxyl groups excluding tert-OH is 2. The van der Waals surface area contributed by atoms with Crippen LogP contribution in [0.1, 0.15) is 17.2 Å². The van der Waals surface area contributed by atoms with Crippen molar-refractivity contribution in [1.82, 2.24) is 4.90 Å². The van der Waals surface area contributed by atoms with Crippen molar-refractivity contribution in [3.8, 4) is 0 Å². The second kappa shape index (κ2) is 7.82. The summed E-state index contributed by atoms with van der Waals surface area (Å²) in [7, 11) is 3.78. The highest BCUT2D eigenvalue weighted by Crippen LogP contribution is 2.39. The van der Waals surface area contributed by atoms with Gasteiger partial charge in [0.1, 0.15) is 11.6 Å². The van der Waals surface area contributed by atoms with Crippen LogP contribution in [0.5, 0.6) is 0 Å². The van der Waals surface area contributed by atoms with Crippen LogP contribution in [-0.2, 0) is 9.59 Å². The maximum Gasteiger partial charge on any atom is 0.295 e. The van der Waals surface area contributed by atoms with Gasteiger partial charge in [0, 0.05) is 31.9 Å². The number of anilines is 1. The lowest BCUT2D eigenvalue weighted by molar-refractivity contribution is -0.140. The molecule has 28 heavy (non-hydrogen) atoms. The van der Waals surface area contributed by atoms with Gasteiger partial charge in [0.05, 0.1) is 18.2 Å². The average Bonchev–Trinajstić information content (AvgIpc) is 2.93. The quantitative estimate of drug-likeness (QED) is 0.470. The number of benzene rings is 2. The SMILES string of the molecule is CN(C)c1ccc(C2C(=C(O)c3ccc(F)cc3)C(=O)C(=O)N2CCO)cc1. The first-order valence-corrected chi connectivity index (χ1v) is 8.77. The number of Topliss-reactive ketones (excluding diaryl/α,β-unsaturated/α-hetero) is 1. The van der Waals surface area contributed by atoms with Gasteiger partial charge in [0.25, 0.3) is 11.7 Å². The van der Waals surface area contributed by atoms with Crippen LogP contribution >= 0.6 is 0 Å². The summed E-state index contributed by atoms with van der Waals surface area (Å²) in [6.07, 6.45) is 0. The van der Waals surface area contributed by atoms with E-state index in [1.807, 2.05) is 31.1 Å². The zero-order valence-corrected chi connectivity index (χ0v) is 15.6. The van der Waals surface area contributed by atoms with Gasteiger partial charge >= 0.3 is 0 Å². The van der Waals surface area contributed by atoms with Crippen LogP contribution in [0.2, 0.25) is 0 Å². The third-order valence-electron chi connectivity index (χ3n) is 4.72. The first kappa shape index (κ1) is 19.6. The van der Waals surface area contributed by atoms with Crippen LogP contribution in [0, 0.1) is 5.82 Å². The number of rotatable bonds is 5. The van der Waals surface area contributed by atoms with Crippen molar-refractivity contribution in [2.75, 3.05) is 32.1 Å². The molecule has 1 amide bonds. The Morgan fingerprint density at radius 3 is 2.21 bits per heavy atom. The minimum absolute atomic E-state index is 0.0507. The molecule has 7 heteroatoms. The summed E-state index contributed by atoms with van der Waals surface area (Å²) in [6.45, 7) is -0.374. The highest BCUT2D eigenvalue weighted by Gasteiger charge is 2.45. The molecule has 2 aromatic rings. The van der Waals surface area contributed by atoms with E-state index in [1.54, 1.807) is 12.1 Å². The lowest BCUT2D eigenvalue weighted by Gasteiger charge is -2.25. The van der Waals surface area contributed by atoms with Crippen molar-refractivity contribution in [3.63, 3.8) is 0 Å². The zero-order chi connectivity index (χ0) is 20.4. The maximum absolute atomic E-state index is 13.2. The molecule has 0 bridgehead atoms. The number of carbonyl (C=O) groups excluding carboxylic acids is 2. The molecule has 1 atom stereocenters. The monoisotopic (exact) mass is 384 g/mol. The molecular weight excluding hydrogens is 363 g/mol. The molecule has 1 heterocycles. The summed E-state index contributed by atoms with van der Waals surface area (Å²) in [5, 5.41) is 20.1. The molecule has 0 saturated carbocycles. The Morgan fingerprint density at radius 1 is 1.07 bits per heavy atom. The second-order valence-electron chi connectivity index (χ2n) is 6.71. The highest BCUT2D eigenvalue weighted by molar-refractivity contribution is 6.46. The van der Waals surface area contributed by atoms with Crippen molar-refractivity contribution >= 4 is 23.1 Å². The van der Waals surface area contributed by atoms with Crippen molar-refractivity contribution in [2.45, 2.75) is 6.04 Å². The molecule has 0 aliphatic carbocycles. The van der Waals surface area contributed by atoms with E-state index in [2.05, 4.69) is 0 Å². The van der Waals surface area contributed by atoms with Crippen LogP contribution in [0.3, 0.4) is 0 Å². The van der Waals surface area contributed by atoms with Crippen LogP contribution in [0.15, 0.2) is 54.1 Å². The van der Waals surface area contributed by atoms with Gasteiger partial charge in [-0.25, -0.2) is 4.39 Å². The van der Waals surface area contributed by atoms with Gasteiger partial charge in [-0.15, -0.1) is 0 Å². The van der Waals surface area contributed by atoms with Gasteiger partial charge in [0.15, 0.2) is 0 Å². The number of amides is 1. The number of nitrogens with zero attached hydrogens (tertiary/aromatic N) is 2. The third-order valence-corrected chi connectivity index (χ3v) is 4.72. The number of carbonyl (C=O) groups is 2. The van der Waals surface area contributed by atoms with Crippen LogP contribution in [0.25, 0.3) is 5.76 Å². The van der Waals surface area contributed by atoms with E-state index in [0.717, 1.165) is 5.69 Å². The number of likely N-dealkylation sites (tertiary alicyclic amines) is 1. The molecule has 0 spiro atoms. The summed E-state index contributed by atoms with van der Waals surface area (Å²) in [5.41, 5.74) is 1.71. The summed E-state index contributed by atoms with van der Waals surface area (Å²) >= 11 is 0. The van der Waals surface area contributed by atoms with E-state index < -0.39 is 23.5 Å². The topological polar surface area (TPSA) is 81.1 Å². The van der Waals surface area contributed by atoms with Crippen LogP contribution in [-0.4, -0.2) is 54.1 Å². The Kier molecular flexibility index (Phi) is 5.46. The second-order valence-corrected chi connectivity index (χ2v) is 6.71. The molecule has 1 fully saturated rings. The van der Waals surface area contributed by atoms with Crippen molar-refractivity contribution in [2.24, 2.45) is 0 Å². The largest absolute Gasteiger partial charge is 0.507 e. The van der Waals surface area contributed by atoms with Gasteiger partial charge in [-0.3, -0.25) is 9.59 Å². The minimum atomic E-state index is -0.839. The molecule has 3 rings (SSSR count). The number of aliphatic hydroxyl groups is 2. The predicted molar refractivity (Wildman–Crippen MR) is 103 cm³/mol. The molecule has 1 aliphatic rings. The average molecular weight is 384 g/mol. The lowest BCUT2D eigenvalue weighted by Crippen LogP contribution is -2.32. The molecule has 1 unspecified atom stereocenters. The van der Waals surface area contributed by atoms with Crippen molar-refractivity contribution in [3.05, 3.63) is 71.0 Å². The fourth-order valence-corrected chi connectivity index (χ4v) is 3.28. The Bertz CT molecular complexity index is 920. The molecule has 0 radical (unpaired) electrons. The molecule has 146 valence electrons. The van der Waals surface area contributed by atoms with E-state index in [0.29, 0.717) is 5.56 Å². The molecule has 1 aliphatic heterocycles. The van der Waals surface area contributed by atoms with E-state index in [1.165, 1.54) is 29.2 Å². The normalized spacial score (nSPS) is 18.6. The van der Waals surface area contributed by atoms with Gasteiger partial charge < -0.3 is 20.0 Å². The number of β-amino-alcohol motifs (C(OH)–C–C–N with tert-alkyl or cyclic N) is 1. The number of hydrogen-bond donors (Lipinski definition) is 2. The molecule has 6 nitrogen and oxygen atoms in total. The van der Waals surface area contributed by atoms with Crippen molar-refractivity contribution in [1.29, 1.82) is 0 Å². The first-order valence-electron chi connectivity index (χ1n) is 8.77. The number of hydrogen-bond acceptors (Lipinski definition) is 5. The Balaban J connectivity index is 2.14. The number of halogens is 1. The lowest BCUT2D eigenvalue weighted by atomic mass is 9.95. The molecular formula is C21H21FN2O4. The Morgan fingerprint density at radius 2 is 1.68 bits per heavy atom. The summed E-state index contributed by atoms with van der Waals surface area (Å²) in [5.74, 6) is -2.48. The summed E-state index contributed by atoms with van der Waals surface area (Å²) in [6, 6.07) is 11.4. The van der Waals surface area contributed by atoms with E-state index >= 15 is 0 Å². The zero-order valence-electron chi connectivity index (χ0n) is 15.6. The van der Waals surface area contributed by atoms with Crippen molar-refractivity contribution < 1.29 is 24.2 Å². The molecule has 2 N–H and O–H groups in total. The van der Waals surface area contributed by atoms with E-state index in [-0.39, 0.29) is 30.0 Å². The van der Waals surface area contributed by atoms with E-state index in [4.69, 9.17) is 0 Å². The van der Waals surface area contributed by atoms with Crippen LogP contribution < -0.4 is 4.90 Å². The smallest absolute Gasteiger partial charge is 0.295 e. The molecule has 0 aromatic heterocycles. The maximum atomic E-state index is 13.2. The van der Waals surface area contributed by atoms with Gasteiger partial charge in [0.2, 0.25) is 0 Å². The first-order chi connectivity index (χ1) is 13.3. The third kappa shape index (κ3) is 3.48. The molecule has 2 aromatic carbocycles. The minimum Gasteiger partial charge on any atom is -0.507 e. The fraction of sp³-hybridized carbons (Fsp3) is 0.238. The Hall–Kier alpha value is -3.19. The highest BCUT2D eigenvalue weighted by atomic mass is 19.1. The standard InChI is InChI=1S/C21H21FN2O4/c1-23(2)16-9-5-13(6-10-16)18-17(20(27)21(28)24(18)11-12-25)19(26)14-3-7-15(22)8-4-14/h3-10,18,25-26H,11-12H2,1-2H3. The van der Waals surface area contributed by atoms with Gasteiger partial charge in [-0.1, -0.05) is 12.1 Å².